The Labute approximate surface area is 169 Å². The monoisotopic (exact) mass is 428 g/mol. The number of carboxylic acid groups (broad SMARTS) is 2. The Morgan fingerprint density at radius 2 is 1.57 bits per heavy atom. The third-order valence-corrected chi connectivity index (χ3v) is 3.44. The smallest absolute Gasteiger partial charge is 0.480 e. The molecule has 2 aromatic rings. The number of alkyl carbamates (subject to hydrolysis) is 1. The summed E-state index contributed by atoms with van der Waals surface area (Å²) in [7, 11) is 0. The van der Waals surface area contributed by atoms with Gasteiger partial charge in [-0.05, 0) is 23.3 Å². The molecular formula is C19H19F3N2O6. The summed E-state index contributed by atoms with van der Waals surface area (Å²) in [6.45, 7) is 0.0807. The van der Waals surface area contributed by atoms with Crippen LogP contribution in [0.5, 0.6) is 0 Å². The Bertz CT molecular complexity index is 859. The first kappa shape index (κ1) is 24.3. The summed E-state index contributed by atoms with van der Waals surface area (Å²) >= 11 is 0. The van der Waals surface area contributed by atoms with Crippen LogP contribution in [0.1, 0.15) is 11.1 Å². The van der Waals surface area contributed by atoms with E-state index in [2.05, 4.69) is 5.32 Å². The molecule has 0 heterocycles. The highest BCUT2D eigenvalue weighted by Gasteiger charge is 2.38. The van der Waals surface area contributed by atoms with Crippen molar-refractivity contribution in [2.45, 2.75) is 25.2 Å². The van der Waals surface area contributed by atoms with Crippen LogP contribution < -0.4 is 11.1 Å². The van der Waals surface area contributed by atoms with Crippen molar-refractivity contribution < 1.29 is 42.5 Å². The predicted molar refractivity (Wildman–Crippen MR) is 99.4 cm³/mol. The van der Waals surface area contributed by atoms with Gasteiger partial charge in [-0.3, -0.25) is 0 Å². The fourth-order valence-corrected chi connectivity index (χ4v) is 2.06. The van der Waals surface area contributed by atoms with Crippen LogP contribution >= 0.6 is 0 Å². The standard InChI is InChI=1S/C17H18N2O4.C2HF3O2/c18-14-8-4-7-13(9-14)10-15(16(20)21)19-17(22)23-11-12-5-2-1-3-6-12;3-2(4,5)1(6)7/h1-9,15H,10-11,18H2,(H,19,22)(H,20,21);(H,6,7)/t15-;/m0./s1. The van der Waals surface area contributed by atoms with Crippen molar-refractivity contribution in [2.75, 3.05) is 5.73 Å². The number of nitrogens with one attached hydrogen (secondary N) is 1. The lowest BCUT2D eigenvalue weighted by molar-refractivity contribution is -0.192. The van der Waals surface area contributed by atoms with E-state index in [9.17, 15) is 27.9 Å². The number of carbonyl (C=O) groups is 3. The predicted octanol–water partition coefficient (Wildman–Crippen LogP) is 2.82. The molecule has 0 fully saturated rings. The Balaban J connectivity index is 0.000000553. The van der Waals surface area contributed by atoms with Gasteiger partial charge in [-0.1, -0.05) is 42.5 Å². The van der Waals surface area contributed by atoms with Crippen LogP contribution in [-0.4, -0.2) is 40.5 Å². The van der Waals surface area contributed by atoms with Gasteiger partial charge in [0.25, 0.3) is 0 Å². The number of anilines is 1. The normalized spacial score (nSPS) is 11.4. The van der Waals surface area contributed by atoms with Crippen molar-refractivity contribution in [1.29, 1.82) is 0 Å². The summed E-state index contributed by atoms with van der Waals surface area (Å²) in [5.74, 6) is -3.89. The van der Waals surface area contributed by atoms with E-state index in [1.165, 1.54) is 0 Å². The number of hydrogen-bond acceptors (Lipinski definition) is 5. The average molecular weight is 428 g/mol. The van der Waals surface area contributed by atoms with Gasteiger partial charge in [0.1, 0.15) is 12.6 Å². The molecule has 0 radical (unpaired) electrons. The second-order valence-corrected chi connectivity index (χ2v) is 5.85. The number of nitrogens with two attached hydrogens (primary N) is 1. The lowest BCUT2D eigenvalue weighted by Gasteiger charge is -2.15. The van der Waals surface area contributed by atoms with E-state index in [0.717, 1.165) is 11.1 Å². The maximum absolute atomic E-state index is 11.8. The van der Waals surface area contributed by atoms with Gasteiger partial charge in [0.15, 0.2) is 0 Å². The van der Waals surface area contributed by atoms with Crippen molar-refractivity contribution in [3.05, 3.63) is 65.7 Å². The molecule has 8 nitrogen and oxygen atoms in total. The maximum Gasteiger partial charge on any atom is 0.490 e. The maximum atomic E-state index is 11.8. The summed E-state index contributed by atoms with van der Waals surface area (Å²) < 4.78 is 36.8. The third kappa shape index (κ3) is 9.44. The summed E-state index contributed by atoms with van der Waals surface area (Å²) in [4.78, 5) is 32.0. The first-order valence-electron chi connectivity index (χ1n) is 8.33. The van der Waals surface area contributed by atoms with Crippen molar-refractivity contribution in [2.24, 2.45) is 0 Å². The van der Waals surface area contributed by atoms with Gasteiger partial charge in [0.2, 0.25) is 0 Å². The molecule has 30 heavy (non-hydrogen) atoms. The first-order chi connectivity index (χ1) is 14.0. The number of carboxylic acids is 2. The van der Waals surface area contributed by atoms with Crippen molar-refractivity contribution in [1.82, 2.24) is 5.32 Å². The number of hydrogen-bond donors (Lipinski definition) is 4. The zero-order valence-electron chi connectivity index (χ0n) is 15.4. The minimum atomic E-state index is -5.08. The van der Waals surface area contributed by atoms with E-state index in [-0.39, 0.29) is 13.0 Å². The third-order valence-electron chi connectivity index (χ3n) is 3.44. The first-order valence-corrected chi connectivity index (χ1v) is 8.33. The number of nitrogen functional groups attached to an aromatic ring is 1. The van der Waals surface area contributed by atoms with E-state index in [4.69, 9.17) is 20.4 Å². The van der Waals surface area contributed by atoms with Gasteiger partial charge in [-0.2, -0.15) is 13.2 Å². The second-order valence-electron chi connectivity index (χ2n) is 5.85. The number of rotatable bonds is 6. The highest BCUT2D eigenvalue weighted by molar-refractivity contribution is 5.80. The number of alkyl halides is 3. The lowest BCUT2D eigenvalue weighted by atomic mass is 10.1. The summed E-state index contributed by atoms with van der Waals surface area (Å²) in [5.41, 5.74) is 7.75. The molecule has 11 heteroatoms. The minimum absolute atomic E-state index is 0.0807. The molecule has 0 aliphatic heterocycles. The molecular weight excluding hydrogens is 409 g/mol. The molecule has 0 aliphatic rings. The zero-order valence-corrected chi connectivity index (χ0v) is 15.4. The zero-order chi connectivity index (χ0) is 22.7. The van der Waals surface area contributed by atoms with Crippen molar-refractivity contribution >= 4 is 23.7 Å². The molecule has 1 amide bonds. The van der Waals surface area contributed by atoms with Crippen LogP contribution in [0.3, 0.4) is 0 Å². The average Bonchev–Trinajstić information content (AvgIpc) is 2.66. The van der Waals surface area contributed by atoms with Crippen LogP contribution in [0.4, 0.5) is 23.7 Å². The molecule has 0 saturated heterocycles. The fraction of sp³-hybridized carbons (Fsp3) is 0.211. The second kappa shape index (κ2) is 11.3. The van der Waals surface area contributed by atoms with E-state index in [1.54, 1.807) is 24.3 Å². The number of benzene rings is 2. The molecule has 0 bridgehead atoms. The van der Waals surface area contributed by atoms with Crippen molar-refractivity contribution in [3.63, 3.8) is 0 Å². The van der Waals surface area contributed by atoms with Crippen LogP contribution in [0.25, 0.3) is 0 Å². The van der Waals surface area contributed by atoms with Gasteiger partial charge in [-0.15, -0.1) is 0 Å². The Morgan fingerprint density at radius 3 is 2.07 bits per heavy atom. The summed E-state index contributed by atoms with van der Waals surface area (Å²) in [5, 5.41) is 18.7. The number of ether oxygens (including phenoxy) is 1. The van der Waals surface area contributed by atoms with E-state index < -0.39 is 30.2 Å². The molecule has 0 saturated carbocycles. The molecule has 0 aromatic heterocycles. The fourth-order valence-electron chi connectivity index (χ4n) is 2.06. The van der Waals surface area contributed by atoms with Crippen LogP contribution in [0, 0.1) is 0 Å². The van der Waals surface area contributed by atoms with E-state index in [1.807, 2.05) is 30.3 Å². The molecule has 5 N–H and O–H groups in total. The molecule has 1 atom stereocenters. The van der Waals surface area contributed by atoms with Crippen molar-refractivity contribution in [3.8, 4) is 0 Å². The SMILES string of the molecule is Nc1cccc(C[C@H](NC(=O)OCc2ccccc2)C(=O)O)c1.O=C(O)C(F)(F)F. The molecule has 162 valence electrons. The molecule has 2 rings (SSSR count). The molecule has 0 spiro atoms. The lowest BCUT2D eigenvalue weighted by Crippen LogP contribution is -2.42. The number of carbonyl (C=O) groups excluding carboxylic acids is 1. The van der Waals surface area contributed by atoms with E-state index >= 15 is 0 Å². The molecule has 0 aliphatic carbocycles. The Hall–Kier alpha value is -3.76. The van der Waals surface area contributed by atoms with Gasteiger partial charge in [0, 0.05) is 12.1 Å². The van der Waals surface area contributed by atoms with Crippen LogP contribution in [0.15, 0.2) is 54.6 Å². The van der Waals surface area contributed by atoms with Gasteiger partial charge in [0.05, 0.1) is 0 Å². The minimum Gasteiger partial charge on any atom is -0.480 e. The van der Waals surface area contributed by atoms with Gasteiger partial charge in [-0.25, -0.2) is 14.4 Å². The van der Waals surface area contributed by atoms with Crippen LogP contribution in [0.2, 0.25) is 0 Å². The topological polar surface area (TPSA) is 139 Å². The Morgan fingerprint density at radius 1 is 1.00 bits per heavy atom. The van der Waals surface area contributed by atoms with E-state index in [0.29, 0.717) is 5.69 Å². The van der Waals surface area contributed by atoms with Gasteiger partial charge < -0.3 is 26.0 Å². The molecule has 0 unspecified atom stereocenters. The number of halogens is 3. The Kier molecular flexibility index (Phi) is 9.14. The summed E-state index contributed by atoms with van der Waals surface area (Å²) in [6.07, 6.45) is -5.73. The highest BCUT2D eigenvalue weighted by Crippen LogP contribution is 2.13. The number of aliphatic carboxylic acids is 2. The largest absolute Gasteiger partial charge is 0.490 e. The van der Waals surface area contributed by atoms with Crippen LogP contribution in [-0.2, 0) is 27.4 Å². The quantitative estimate of drug-likeness (QED) is 0.519. The summed E-state index contributed by atoms with van der Waals surface area (Å²) in [6, 6.07) is 14.9. The molecule has 2 aromatic carbocycles. The van der Waals surface area contributed by atoms with Gasteiger partial charge >= 0.3 is 24.2 Å². The number of amides is 1. The highest BCUT2D eigenvalue weighted by atomic mass is 19.4.